The fourth-order valence-electron chi connectivity index (χ4n) is 3.65. The van der Waals surface area contributed by atoms with Gasteiger partial charge in [0.2, 0.25) is 0 Å². The van der Waals surface area contributed by atoms with E-state index in [4.69, 9.17) is 4.74 Å². The predicted molar refractivity (Wildman–Crippen MR) is 102 cm³/mol. The number of hydrogen-bond donors (Lipinski definition) is 2. The molecular weight excluding hydrogens is 366 g/mol. The van der Waals surface area contributed by atoms with Crippen LogP contribution in [-0.2, 0) is 13.1 Å². The third kappa shape index (κ3) is 4.98. The first-order chi connectivity index (χ1) is 13.5. The van der Waals surface area contributed by atoms with Crippen LogP contribution in [0.3, 0.4) is 0 Å². The molecule has 3 rings (SSSR count). The fourth-order valence-corrected chi connectivity index (χ4v) is 3.65. The Kier molecular flexibility index (Phi) is 6.83. The van der Waals surface area contributed by atoms with Crippen LogP contribution >= 0.6 is 0 Å². The van der Waals surface area contributed by atoms with E-state index in [0.29, 0.717) is 30.8 Å². The molecule has 0 aromatic heterocycles. The Morgan fingerprint density at radius 2 is 1.89 bits per heavy atom. The first-order valence-corrected chi connectivity index (χ1v) is 9.37. The van der Waals surface area contributed by atoms with Crippen LogP contribution in [0.4, 0.5) is 8.78 Å². The van der Waals surface area contributed by atoms with Crippen LogP contribution in [0.5, 0.6) is 11.5 Å². The molecule has 1 aliphatic heterocycles. The quantitative estimate of drug-likeness (QED) is 0.759. The molecule has 1 aliphatic rings. The predicted octanol–water partition coefficient (Wildman–Crippen LogP) is 2.75. The average Bonchev–Trinajstić information content (AvgIpc) is 2.68. The number of methoxy groups -OCH3 is 1. The Labute approximate surface area is 163 Å². The van der Waals surface area contributed by atoms with E-state index in [-0.39, 0.29) is 18.4 Å². The molecule has 0 spiro atoms. The molecule has 0 radical (unpaired) electrons. The number of aromatic hydroxyl groups is 1. The van der Waals surface area contributed by atoms with Crippen molar-refractivity contribution in [3.63, 3.8) is 0 Å². The highest BCUT2D eigenvalue weighted by molar-refractivity contribution is 5.39. The smallest absolute Gasteiger partial charge is 0.159 e. The van der Waals surface area contributed by atoms with E-state index in [1.54, 1.807) is 19.2 Å². The highest BCUT2D eigenvalue weighted by Crippen LogP contribution is 2.26. The Bertz CT molecular complexity index is 803. The number of halogens is 2. The number of rotatable bonds is 7. The molecule has 0 aliphatic carbocycles. The Morgan fingerprint density at radius 3 is 2.57 bits per heavy atom. The van der Waals surface area contributed by atoms with Crippen LogP contribution < -0.4 is 4.74 Å². The van der Waals surface area contributed by atoms with Crippen molar-refractivity contribution in [3.05, 3.63) is 59.2 Å². The summed E-state index contributed by atoms with van der Waals surface area (Å²) in [7, 11) is 1.56. The van der Waals surface area contributed by atoms with Crippen molar-refractivity contribution in [1.82, 2.24) is 9.80 Å². The van der Waals surface area contributed by atoms with E-state index in [9.17, 15) is 19.0 Å². The van der Waals surface area contributed by atoms with E-state index in [2.05, 4.69) is 9.80 Å². The summed E-state index contributed by atoms with van der Waals surface area (Å²) in [5, 5.41) is 19.6. The lowest BCUT2D eigenvalue weighted by atomic mass is 10.1. The molecule has 152 valence electrons. The molecule has 2 aromatic rings. The van der Waals surface area contributed by atoms with Gasteiger partial charge >= 0.3 is 0 Å². The third-order valence-corrected chi connectivity index (χ3v) is 5.21. The number of piperazine rings is 1. The third-order valence-electron chi connectivity index (χ3n) is 5.21. The van der Waals surface area contributed by atoms with Crippen LogP contribution in [0.15, 0.2) is 36.4 Å². The Hall–Kier alpha value is -2.22. The Morgan fingerprint density at radius 1 is 1.07 bits per heavy atom. The first-order valence-electron chi connectivity index (χ1n) is 9.37. The van der Waals surface area contributed by atoms with Gasteiger partial charge in [0.25, 0.3) is 0 Å². The van der Waals surface area contributed by atoms with Gasteiger partial charge in [-0.25, -0.2) is 8.78 Å². The van der Waals surface area contributed by atoms with Gasteiger partial charge in [0.05, 0.1) is 7.11 Å². The number of phenolic OH excluding ortho intramolecular Hbond substituents is 1. The van der Waals surface area contributed by atoms with Crippen LogP contribution in [0.25, 0.3) is 0 Å². The second-order valence-electron chi connectivity index (χ2n) is 7.11. The number of aliphatic hydroxyl groups is 1. The van der Waals surface area contributed by atoms with Crippen molar-refractivity contribution in [2.75, 3.05) is 33.4 Å². The molecule has 0 amide bonds. The van der Waals surface area contributed by atoms with Gasteiger partial charge in [-0.3, -0.25) is 9.80 Å². The minimum Gasteiger partial charge on any atom is -0.507 e. The highest BCUT2D eigenvalue weighted by atomic mass is 19.2. The number of phenols is 1. The maximum Gasteiger partial charge on any atom is 0.159 e. The number of benzene rings is 2. The summed E-state index contributed by atoms with van der Waals surface area (Å²) in [6.45, 7) is 3.38. The van der Waals surface area contributed by atoms with E-state index >= 15 is 0 Å². The number of hydrogen-bond acceptors (Lipinski definition) is 5. The van der Waals surface area contributed by atoms with E-state index in [1.807, 2.05) is 12.1 Å². The fraction of sp³-hybridized carbons (Fsp3) is 0.429. The van der Waals surface area contributed by atoms with Crippen molar-refractivity contribution in [1.29, 1.82) is 0 Å². The molecule has 0 unspecified atom stereocenters. The average molecular weight is 392 g/mol. The molecule has 7 heteroatoms. The van der Waals surface area contributed by atoms with E-state index in [1.165, 1.54) is 6.07 Å². The maximum atomic E-state index is 13.5. The normalized spacial score (nSPS) is 18.4. The maximum absolute atomic E-state index is 13.5. The second kappa shape index (κ2) is 9.32. The minimum absolute atomic E-state index is 0.0561. The van der Waals surface area contributed by atoms with Gasteiger partial charge in [-0.05, 0) is 30.2 Å². The lowest BCUT2D eigenvalue weighted by molar-refractivity contribution is 0.0495. The molecule has 0 bridgehead atoms. The van der Waals surface area contributed by atoms with Crippen molar-refractivity contribution >= 4 is 0 Å². The van der Waals surface area contributed by atoms with E-state index in [0.717, 1.165) is 31.3 Å². The lowest BCUT2D eigenvalue weighted by Crippen LogP contribution is -2.52. The number of aliphatic hydroxyl groups excluding tert-OH is 1. The molecule has 0 saturated carbocycles. The largest absolute Gasteiger partial charge is 0.507 e. The van der Waals surface area contributed by atoms with Crippen molar-refractivity contribution in [2.24, 2.45) is 0 Å². The standard InChI is InChI=1S/C21H26F2N2O3/c1-28-18-4-3-16(21(27)11-18)13-24-7-8-25(17(14-24)6-9-26)12-15-2-5-19(22)20(23)10-15/h2-5,10-11,17,26-27H,6-9,12-14H2,1H3/t17-/m1/s1. The summed E-state index contributed by atoms with van der Waals surface area (Å²) in [6.07, 6.45) is 0.592. The zero-order valence-corrected chi connectivity index (χ0v) is 15.9. The zero-order valence-electron chi connectivity index (χ0n) is 15.9. The number of ether oxygens (including phenoxy) is 1. The molecule has 1 saturated heterocycles. The van der Waals surface area contributed by atoms with Gasteiger partial charge in [0, 0.05) is 57.0 Å². The molecule has 28 heavy (non-hydrogen) atoms. The molecule has 1 heterocycles. The van der Waals surface area contributed by atoms with Crippen molar-refractivity contribution in [2.45, 2.75) is 25.6 Å². The molecule has 2 N–H and O–H groups in total. The molecule has 5 nitrogen and oxygen atoms in total. The SMILES string of the molecule is COc1ccc(CN2CCN(Cc3ccc(F)c(F)c3)[C@H](CCO)C2)c(O)c1. The minimum atomic E-state index is -0.847. The lowest BCUT2D eigenvalue weighted by Gasteiger charge is -2.41. The van der Waals surface area contributed by atoms with Gasteiger partial charge in [-0.2, -0.15) is 0 Å². The number of nitrogens with zero attached hydrogens (tertiary/aromatic N) is 2. The van der Waals surface area contributed by atoms with Crippen molar-refractivity contribution < 1.29 is 23.7 Å². The summed E-state index contributed by atoms with van der Waals surface area (Å²) in [5.74, 6) is -0.886. The second-order valence-corrected chi connectivity index (χ2v) is 7.11. The summed E-state index contributed by atoms with van der Waals surface area (Å²) in [6, 6.07) is 9.33. The summed E-state index contributed by atoms with van der Waals surface area (Å²) in [4.78, 5) is 4.41. The Balaban J connectivity index is 1.65. The summed E-state index contributed by atoms with van der Waals surface area (Å²) < 4.78 is 31.8. The molecule has 1 fully saturated rings. The van der Waals surface area contributed by atoms with Crippen LogP contribution in [0.2, 0.25) is 0 Å². The summed E-state index contributed by atoms with van der Waals surface area (Å²) in [5.41, 5.74) is 1.53. The summed E-state index contributed by atoms with van der Waals surface area (Å²) >= 11 is 0. The van der Waals surface area contributed by atoms with Gasteiger partial charge < -0.3 is 14.9 Å². The van der Waals surface area contributed by atoms with Crippen LogP contribution in [0.1, 0.15) is 17.5 Å². The monoisotopic (exact) mass is 392 g/mol. The van der Waals surface area contributed by atoms with E-state index < -0.39 is 11.6 Å². The van der Waals surface area contributed by atoms with Crippen molar-refractivity contribution in [3.8, 4) is 11.5 Å². The highest BCUT2D eigenvalue weighted by Gasteiger charge is 2.27. The van der Waals surface area contributed by atoms with Gasteiger partial charge in [-0.1, -0.05) is 12.1 Å². The van der Waals surface area contributed by atoms with Crippen LogP contribution in [0, 0.1) is 11.6 Å². The topological polar surface area (TPSA) is 56.2 Å². The van der Waals surface area contributed by atoms with Gasteiger partial charge in [-0.15, -0.1) is 0 Å². The molecular formula is C21H26F2N2O3. The van der Waals surface area contributed by atoms with Gasteiger partial charge in [0.1, 0.15) is 11.5 Å². The van der Waals surface area contributed by atoms with Gasteiger partial charge in [0.15, 0.2) is 11.6 Å². The molecule has 2 aromatic carbocycles. The van der Waals surface area contributed by atoms with Crippen LogP contribution in [-0.4, -0.2) is 59.4 Å². The first kappa shape index (κ1) is 20.5. The zero-order chi connectivity index (χ0) is 20.1. The molecule has 1 atom stereocenters.